The molecule has 4 nitrogen and oxygen atoms in total. The third-order valence-corrected chi connectivity index (χ3v) is 7.66. The van der Waals surface area contributed by atoms with Gasteiger partial charge in [0, 0.05) is 45.7 Å². The Bertz CT molecular complexity index is 1940. The van der Waals surface area contributed by atoms with Crippen molar-refractivity contribution < 1.29 is 0 Å². The minimum atomic E-state index is 0.870. The maximum Gasteiger partial charge on any atom is 0.0559 e. The molecule has 40 heavy (non-hydrogen) atoms. The second-order valence-electron chi connectivity index (χ2n) is 9.88. The summed E-state index contributed by atoms with van der Waals surface area (Å²) >= 11 is 0. The van der Waals surface area contributed by atoms with Gasteiger partial charge in [0.25, 0.3) is 0 Å². The van der Waals surface area contributed by atoms with E-state index in [9.17, 15) is 0 Å². The highest BCUT2D eigenvalue weighted by molar-refractivity contribution is 6.22. The summed E-state index contributed by atoms with van der Waals surface area (Å²) in [5, 5.41) is 32.6. The van der Waals surface area contributed by atoms with E-state index < -0.39 is 0 Å². The predicted molar refractivity (Wildman–Crippen MR) is 172 cm³/mol. The Balaban J connectivity index is 1.29. The molecule has 0 fully saturated rings. The number of hydrogen-bond donors (Lipinski definition) is 4. The van der Waals surface area contributed by atoms with E-state index in [4.69, 9.17) is 10.8 Å². The second-order valence-corrected chi connectivity index (χ2v) is 9.88. The van der Waals surface area contributed by atoms with E-state index in [0.29, 0.717) is 0 Å². The van der Waals surface area contributed by atoms with Gasteiger partial charge in [0.1, 0.15) is 0 Å². The van der Waals surface area contributed by atoms with Crippen LogP contribution in [0.25, 0.3) is 43.1 Å². The van der Waals surface area contributed by atoms with Crippen molar-refractivity contribution in [3.63, 3.8) is 0 Å². The molecule has 190 valence electrons. The molecule has 0 amide bonds. The lowest BCUT2D eigenvalue weighted by atomic mass is 9.95. The van der Waals surface area contributed by atoms with E-state index in [1.807, 2.05) is 60.7 Å². The van der Waals surface area contributed by atoms with Crippen LogP contribution in [-0.4, -0.2) is 12.4 Å². The zero-order valence-electron chi connectivity index (χ0n) is 21.7. The summed E-state index contributed by atoms with van der Waals surface area (Å²) in [5.74, 6) is 0. The molecule has 0 unspecified atom stereocenters. The summed E-state index contributed by atoms with van der Waals surface area (Å²) in [6, 6.07) is 41.4. The number of nitrogens with one attached hydrogen (secondary N) is 4. The van der Waals surface area contributed by atoms with Crippen LogP contribution < -0.4 is 10.6 Å². The molecular formula is C36H26N4. The molecule has 0 aliphatic carbocycles. The monoisotopic (exact) mass is 514 g/mol. The first-order valence-corrected chi connectivity index (χ1v) is 13.3. The summed E-state index contributed by atoms with van der Waals surface area (Å²) in [6.45, 7) is 0. The predicted octanol–water partition coefficient (Wildman–Crippen LogP) is 9.78. The molecule has 7 aromatic carbocycles. The van der Waals surface area contributed by atoms with Gasteiger partial charge < -0.3 is 21.5 Å². The van der Waals surface area contributed by atoms with Crippen molar-refractivity contribution in [3.8, 4) is 0 Å². The standard InChI is InChI=1S/C36H26N4/c37-21-33-29-13-3-1-9-25(29)27-11-5-7-15-31(27)35(33)39-23-17-19-24(20-18-23)40-36-32-16-8-6-12-28(32)26-10-2-4-14-30(26)34(36)22-38/h1-22,37-40H. The Morgan fingerprint density at radius 1 is 0.350 bits per heavy atom. The normalized spacial score (nSPS) is 11.2. The van der Waals surface area contributed by atoms with Crippen molar-refractivity contribution in [1.29, 1.82) is 10.8 Å². The number of hydrogen-bond acceptors (Lipinski definition) is 4. The maximum atomic E-state index is 8.24. The van der Waals surface area contributed by atoms with Crippen LogP contribution in [0.5, 0.6) is 0 Å². The van der Waals surface area contributed by atoms with Gasteiger partial charge in [0.05, 0.1) is 11.4 Å². The molecule has 0 atom stereocenters. The van der Waals surface area contributed by atoms with Gasteiger partial charge in [-0.3, -0.25) is 0 Å². The average molecular weight is 515 g/mol. The van der Waals surface area contributed by atoms with E-state index in [2.05, 4.69) is 71.3 Å². The van der Waals surface area contributed by atoms with Gasteiger partial charge in [-0.15, -0.1) is 0 Å². The molecule has 4 N–H and O–H groups in total. The van der Waals surface area contributed by atoms with Crippen LogP contribution in [0.15, 0.2) is 121 Å². The lowest BCUT2D eigenvalue weighted by Gasteiger charge is -2.18. The zero-order chi connectivity index (χ0) is 27.1. The zero-order valence-corrected chi connectivity index (χ0v) is 21.7. The highest BCUT2D eigenvalue weighted by atomic mass is 14.9. The second kappa shape index (κ2) is 9.68. The van der Waals surface area contributed by atoms with Crippen LogP contribution in [0.3, 0.4) is 0 Å². The van der Waals surface area contributed by atoms with Crippen LogP contribution in [0, 0.1) is 10.8 Å². The Morgan fingerprint density at radius 3 is 0.950 bits per heavy atom. The van der Waals surface area contributed by atoms with Crippen molar-refractivity contribution in [2.75, 3.05) is 10.6 Å². The van der Waals surface area contributed by atoms with E-state index in [1.54, 1.807) is 0 Å². The molecule has 0 radical (unpaired) electrons. The summed E-state index contributed by atoms with van der Waals surface area (Å²) in [5.41, 5.74) is 5.47. The lowest BCUT2D eigenvalue weighted by molar-refractivity contribution is 1.52. The summed E-state index contributed by atoms with van der Waals surface area (Å²) < 4.78 is 0. The Kier molecular flexibility index (Phi) is 5.72. The van der Waals surface area contributed by atoms with Gasteiger partial charge >= 0.3 is 0 Å². The quantitative estimate of drug-likeness (QED) is 0.132. The van der Waals surface area contributed by atoms with Crippen molar-refractivity contribution >= 4 is 78.3 Å². The van der Waals surface area contributed by atoms with Crippen LogP contribution in [-0.2, 0) is 0 Å². The number of rotatable bonds is 6. The molecule has 0 saturated carbocycles. The van der Waals surface area contributed by atoms with E-state index >= 15 is 0 Å². The number of fused-ring (bicyclic) bond motifs is 6. The highest BCUT2D eigenvalue weighted by Crippen LogP contribution is 2.39. The summed E-state index contributed by atoms with van der Waals surface area (Å²) in [6.07, 6.45) is 2.88. The first kappa shape index (κ1) is 23.6. The van der Waals surface area contributed by atoms with Crippen molar-refractivity contribution in [3.05, 3.63) is 132 Å². The smallest absolute Gasteiger partial charge is 0.0559 e. The minimum absolute atomic E-state index is 0.870. The lowest BCUT2D eigenvalue weighted by Crippen LogP contribution is -2.00. The molecule has 0 saturated heterocycles. The Labute approximate surface area is 231 Å². The highest BCUT2D eigenvalue weighted by Gasteiger charge is 2.15. The molecule has 7 aromatic rings. The van der Waals surface area contributed by atoms with Crippen LogP contribution in [0.4, 0.5) is 22.7 Å². The van der Waals surface area contributed by atoms with Gasteiger partial charge in [0.15, 0.2) is 0 Å². The first-order chi connectivity index (χ1) is 19.8. The number of benzene rings is 7. The van der Waals surface area contributed by atoms with Crippen LogP contribution >= 0.6 is 0 Å². The molecule has 0 aliphatic rings. The summed E-state index contributed by atoms with van der Waals surface area (Å²) in [7, 11) is 0. The van der Waals surface area contributed by atoms with Gasteiger partial charge in [-0.05, 0) is 56.6 Å². The number of anilines is 4. The fourth-order valence-electron chi connectivity index (χ4n) is 5.83. The topological polar surface area (TPSA) is 71.8 Å². The third kappa shape index (κ3) is 3.77. The molecular weight excluding hydrogens is 488 g/mol. The molecule has 4 heteroatoms. The minimum Gasteiger partial charge on any atom is -0.354 e. The molecule has 0 bridgehead atoms. The van der Waals surface area contributed by atoms with Crippen LogP contribution in [0.1, 0.15) is 11.1 Å². The average Bonchev–Trinajstić information content (AvgIpc) is 3.02. The first-order valence-electron chi connectivity index (χ1n) is 13.3. The van der Waals surface area contributed by atoms with Crippen molar-refractivity contribution in [2.24, 2.45) is 0 Å². The molecule has 0 spiro atoms. The van der Waals surface area contributed by atoms with Gasteiger partial charge in [0.2, 0.25) is 0 Å². The fourth-order valence-corrected chi connectivity index (χ4v) is 5.83. The van der Waals surface area contributed by atoms with E-state index in [0.717, 1.165) is 77.0 Å². The largest absolute Gasteiger partial charge is 0.354 e. The van der Waals surface area contributed by atoms with Gasteiger partial charge in [-0.2, -0.15) is 0 Å². The SMILES string of the molecule is N=Cc1c(Nc2ccc(Nc3c(C=N)c4ccccc4c4ccccc34)cc2)c2ccccc2c2ccccc12. The maximum absolute atomic E-state index is 8.24. The Morgan fingerprint density at radius 2 is 0.625 bits per heavy atom. The van der Waals surface area contributed by atoms with Gasteiger partial charge in [-0.25, -0.2) is 0 Å². The third-order valence-electron chi connectivity index (χ3n) is 7.66. The van der Waals surface area contributed by atoms with Crippen molar-refractivity contribution in [2.45, 2.75) is 0 Å². The molecule has 7 rings (SSSR count). The van der Waals surface area contributed by atoms with Gasteiger partial charge in [-0.1, -0.05) is 97.1 Å². The summed E-state index contributed by atoms with van der Waals surface area (Å²) in [4.78, 5) is 0. The fraction of sp³-hybridized carbons (Fsp3) is 0. The van der Waals surface area contributed by atoms with E-state index in [1.165, 1.54) is 12.4 Å². The molecule has 0 aromatic heterocycles. The molecule has 0 aliphatic heterocycles. The van der Waals surface area contributed by atoms with Crippen molar-refractivity contribution in [1.82, 2.24) is 0 Å². The molecule has 0 heterocycles. The van der Waals surface area contributed by atoms with Crippen LogP contribution in [0.2, 0.25) is 0 Å². The van der Waals surface area contributed by atoms with E-state index in [-0.39, 0.29) is 0 Å². The Hall–Kier alpha value is -5.48.